The van der Waals surface area contributed by atoms with Crippen LogP contribution in [0.25, 0.3) is 21.9 Å². The number of imidazole rings is 1. The molecule has 3 heterocycles. The smallest absolute Gasteiger partial charge is 0.147 e. The maximum atomic E-state index is 13.4. The van der Waals surface area contributed by atoms with E-state index in [2.05, 4.69) is 9.97 Å². The Morgan fingerprint density at radius 3 is 2.95 bits per heavy atom. The van der Waals surface area contributed by atoms with Gasteiger partial charge in [0, 0.05) is 18.4 Å². The van der Waals surface area contributed by atoms with Gasteiger partial charge in [-0.3, -0.25) is 4.98 Å². The van der Waals surface area contributed by atoms with E-state index in [0.717, 1.165) is 16.4 Å². The van der Waals surface area contributed by atoms with Crippen molar-refractivity contribution >= 4 is 21.9 Å². The number of benzene rings is 1. The Morgan fingerprint density at radius 1 is 1.32 bits per heavy atom. The van der Waals surface area contributed by atoms with Crippen LogP contribution in [0.3, 0.4) is 0 Å². The Kier molecular flexibility index (Phi) is 3.09. The first-order valence-electron chi connectivity index (χ1n) is 7.29. The monoisotopic (exact) mass is 301 g/mol. The van der Waals surface area contributed by atoms with Crippen LogP contribution >= 0.6 is 0 Å². The third-order valence-electron chi connectivity index (χ3n) is 4.21. The number of halogens is 1. The Morgan fingerprint density at radius 2 is 2.18 bits per heavy atom. The zero-order valence-corrected chi connectivity index (χ0v) is 12.0. The molecule has 4 rings (SSSR count). The molecule has 1 N–H and O–H groups in total. The minimum atomic E-state index is -0.970. The highest BCUT2D eigenvalue weighted by atomic mass is 19.1. The summed E-state index contributed by atoms with van der Waals surface area (Å²) in [4.78, 5) is 8.69. The fourth-order valence-electron chi connectivity index (χ4n) is 3.10. The summed E-state index contributed by atoms with van der Waals surface area (Å²) in [6, 6.07) is 7.69. The summed E-state index contributed by atoms with van der Waals surface area (Å²) in [5, 5.41) is 11.5. The van der Waals surface area contributed by atoms with E-state index in [4.69, 9.17) is 4.74 Å². The molecule has 0 radical (unpaired) electrons. The van der Waals surface area contributed by atoms with Gasteiger partial charge in [-0.15, -0.1) is 0 Å². The van der Waals surface area contributed by atoms with E-state index in [1.807, 2.05) is 24.3 Å². The first kappa shape index (κ1) is 13.6. The molecule has 3 aromatic rings. The summed E-state index contributed by atoms with van der Waals surface area (Å²) in [6.07, 6.45) is 2.20. The van der Waals surface area contributed by atoms with Crippen molar-refractivity contribution < 1.29 is 14.2 Å². The Hall–Kier alpha value is -2.05. The van der Waals surface area contributed by atoms with Crippen LogP contribution in [0.5, 0.6) is 0 Å². The second kappa shape index (κ2) is 5.00. The van der Waals surface area contributed by atoms with Gasteiger partial charge in [0.1, 0.15) is 23.6 Å². The van der Waals surface area contributed by atoms with E-state index in [-0.39, 0.29) is 13.2 Å². The molecule has 2 aromatic heterocycles. The van der Waals surface area contributed by atoms with Crippen molar-refractivity contribution in [3.8, 4) is 0 Å². The largest absolute Gasteiger partial charge is 0.386 e. The minimum Gasteiger partial charge on any atom is -0.386 e. The van der Waals surface area contributed by atoms with Crippen LogP contribution in [0.15, 0.2) is 30.5 Å². The summed E-state index contributed by atoms with van der Waals surface area (Å²) in [7, 11) is 0. The maximum Gasteiger partial charge on any atom is 0.147 e. The van der Waals surface area contributed by atoms with Crippen LogP contribution in [-0.2, 0) is 18.0 Å². The van der Waals surface area contributed by atoms with E-state index in [1.54, 1.807) is 10.8 Å². The number of hydrogen-bond acceptors (Lipinski definition) is 4. The Balaban J connectivity index is 1.96. The molecule has 1 saturated heterocycles. The molecule has 114 valence electrons. The number of aromatic nitrogens is 3. The molecule has 1 aliphatic heterocycles. The second-order valence-electron chi connectivity index (χ2n) is 5.78. The van der Waals surface area contributed by atoms with E-state index in [1.165, 1.54) is 0 Å². The summed E-state index contributed by atoms with van der Waals surface area (Å²) in [6.45, 7) is 0.383. The lowest BCUT2D eigenvalue weighted by Gasteiger charge is -2.22. The van der Waals surface area contributed by atoms with Crippen LogP contribution in [0.2, 0.25) is 0 Å². The molecule has 5 nitrogen and oxygen atoms in total. The lowest BCUT2D eigenvalue weighted by molar-refractivity contribution is 0.0118. The SMILES string of the molecule is OC1(Cn2c(CF)nc3cnc4ccccc4c32)CCOC1. The molecular formula is C16H16FN3O2. The van der Waals surface area contributed by atoms with Gasteiger partial charge in [-0.25, -0.2) is 9.37 Å². The lowest BCUT2D eigenvalue weighted by atomic mass is 10.0. The highest BCUT2D eigenvalue weighted by molar-refractivity contribution is 6.02. The van der Waals surface area contributed by atoms with E-state index < -0.39 is 12.3 Å². The average molecular weight is 301 g/mol. The molecule has 1 fully saturated rings. The molecule has 22 heavy (non-hydrogen) atoms. The summed E-state index contributed by atoms with van der Waals surface area (Å²) in [5.41, 5.74) is 1.32. The van der Waals surface area contributed by atoms with Crippen LogP contribution < -0.4 is 0 Å². The molecular weight excluding hydrogens is 285 g/mol. The van der Waals surface area contributed by atoms with Gasteiger partial charge in [0.25, 0.3) is 0 Å². The van der Waals surface area contributed by atoms with E-state index in [0.29, 0.717) is 24.4 Å². The minimum absolute atomic E-state index is 0.265. The number of fused-ring (bicyclic) bond motifs is 3. The van der Waals surface area contributed by atoms with Crippen LogP contribution in [0.4, 0.5) is 4.39 Å². The van der Waals surface area contributed by atoms with Gasteiger partial charge in [0.05, 0.1) is 30.4 Å². The predicted molar refractivity (Wildman–Crippen MR) is 80.2 cm³/mol. The van der Waals surface area contributed by atoms with Crippen molar-refractivity contribution in [1.82, 2.24) is 14.5 Å². The highest BCUT2D eigenvalue weighted by Gasteiger charge is 2.34. The van der Waals surface area contributed by atoms with Crippen molar-refractivity contribution in [2.24, 2.45) is 0 Å². The fourth-order valence-corrected chi connectivity index (χ4v) is 3.10. The molecule has 0 saturated carbocycles. The van der Waals surface area contributed by atoms with Crippen molar-refractivity contribution in [3.05, 3.63) is 36.3 Å². The maximum absolute atomic E-state index is 13.4. The summed E-state index contributed by atoms with van der Waals surface area (Å²) in [5.74, 6) is 0.313. The first-order valence-corrected chi connectivity index (χ1v) is 7.29. The lowest BCUT2D eigenvalue weighted by Crippen LogP contribution is -2.35. The summed E-state index contributed by atoms with van der Waals surface area (Å²) < 4.78 is 20.5. The molecule has 1 aromatic carbocycles. The van der Waals surface area contributed by atoms with Crippen molar-refractivity contribution in [3.63, 3.8) is 0 Å². The number of nitrogens with zero attached hydrogens (tertiary/aromatic N) is 3. The van der Waals surface area contributed by atoms with Gasteiger partial charge >= 0.3 is 0 Å². The molecule has 1 unspecified atom stereocenters. The topological polar surface area (TPSA) is 60.2 Å². The van der Waals surface area contributed by atoms with Gasteiger partial charge in [-0.05, 0) is 6.07 Å². The normalized spacial score (nSPS) is 21.9. The van der Waals surface area contributed by atoms with Crippen LogP contribution in [0, 0.1) is 0 Å². The first-order chi connectivity index (χ1) is 10.7. The third-order valence-corrected chi connectivity index (χ3v) is 4.21. The molecule has 6 heteroatoms. The third kappa shape index (κ3) is 2.07. The Labute approximate surface area is 126 Å². The van der Waals surface area contributed by atoms with E-state index >= 15 is 0 Å². The summed E-state index contributed by atoms with van der Waals surface area (Å²) >= 11 is 0. The number of pyridine rings is 1. The fraction of sp³-hybridized carbons (Fsp3) is 0.375. The number of hydrogen-bond donors (Lipinski definition) is 1. The number of ether oxygens (including phenoxy) is 1. The van der Waals surface area contributed by atoms with Crippen LogP contribution in [0.1, 0.15) is 12.2 Å². The number of aliphatic hydroxyl groups is 1. The number of para-hydroxylation sites is 1. The molecule has 0 spiro atoms. The van der Waals surface area contributed by atoms with E-state index in [9.17, 15) is 9.50 Å². The quantitative estimate of drug-likeness (QED) is 0.805. The zero-order chi connectivity index (χ0) is 15.2. The number of rotatable bonds is 3. The van der Waals surface area contributed by atoms with Gasteiger partial charge < -0.3 is 14.4 Å². The molecule has 0 bridgehead atoms. The van der Waals surface area contributed by atoms with Crippen molar-refractivity contribution in [2.45, 2.75) is 25.2 Å². The van der Waals surface area contributed by atoms with Gasteiger partial charge in [0.2, 0.25) is 0 Å². The predicted octanol–water partition coefficient (Wildman–Crippen LogP) is 2.21. The average Bonchev–Trinajstić information content (AvgIpc) is 3.12. The zero-order valence-electron chi connectivity index (χ0n) is 12.0. The molecule has 1 atom stereocenters. The Bertz CT molecular complexity index is 840. The molecule has 1 aliphatic rings. The standard InChI is InChI=1S/C16H16FN3O2/c17-7-14-19-13-8-18-12-4-2-1-3-11(12)15(13)20(14)9-16(21)5-6-22-10-16/h1-4,8,21H,5-7,9-10H2. The second-order valence-corrected chi connectivity index (χ2v) is 5.78. The molecule has 0 amide bonds. The van der Waals surface area contributed by atoms with Gasteiger partial charge in [-0.2, -0.15) is 0 Å². The highest BCUT2D eigenvalue weighted by Crippen LogP contribution is 2.29. The van der Waals surface area contributed by atoms with Crippen molar-refractivity contribution in [1.29, 1.82) is 0 Å². The van der Waals surface area contributed by atoms with Crippen molar-refractivity contribution in [2.75, 3.05) is 13.2 Å². The van der Waals surface area contributed by atoms with Gasteiger partial charge in [-0.1, -0.05) is 18.2 Å². The molecule has 0 aliphatic carbocycles. The van der Waals surface area contributed by atoms with Crippen LogP contribution in [-0.4, -0.2) is 38.5 Å². The number of alkyl halides is 1. The van der Waals surface area contributed by atoms with Gasteiger partial charge in [0.15, 0.2) is 0 Å².